The van der Waals surface area contributed by atoms with Gasteiger partial charge in [0, 0.05) is 6.54 Å². The minimum Gasteiger partial charge on any atom is -0.297 e. The van der Waals surface area contributed by atoms with E-state index in [1.807, 2.05) is 0 Å². The lowest BCUT2D eigenvalue weighted by Gasteiger charge is -2.10. The average Bonchev–Trinajstić information content (AvgIpc) is 2.14. The molecule has 8 heavy (non-hydrogen) atoms. The second kappa shape index (κ2) is 2.06. The molecule has 1 saturated heterocycles. The summed E-state index contributed by atoms with van der Waals surface area (Å²) in [4.78, 5) is 9.77. The molecule has 5 nitrogen and oxygen atoms in total. The summed E-state index contributed by atoms with van der Waals surface area (Å²) < 4.78 is 0. The monoisotopic (exact) mass is 116 g/mol. The molecule has 5 heteroatoms. The van der Waals surface area contributed by atoms with E-state index in [1.54, 1.807) is 0 Å². The highest BCUT2D eigenvalue weighted by atomic mass is 16.3. The SMILES string of the molecule is NC1NCCN1N=O. The van der Waals surface area contributed by atoms with E-state index < -0.39 is 0 Å². The quantitative estimate of drug-likeness (QED) is 0.423. The van der Waals surface area contributed by atoms with Crippen LogP contribution in [-0.2, 0) is 0 Å². The van der Waals surface area contributed by atoms with Gasteiger partial charge < -0.3 is 0 Å². The Morgan fingerprint density at radius 1 is 1.88 bits per heavy atom. The second-order valence-corrected chi connectivity index (χ2v) is 1.64. The molecule has 1 rings (SSSR count). The van der Waals surface area contributed by atoms with Gasteiger partial charge in [0.1, 0.15) is 0 Å². The highest BCUT2D eigenvalue weighted by Crippen LogP contribution is 1.95. The van der Waals surface area contributed by atoms with Gasteiger partial charge in [-0.3, -0.25) is 11.1 Å². The van der Waals surface area contributed by atoms with E-state index in [-0.39, 0.29) is 6.29 Å². The van der Waals surface area contributed by atoms with Gasteiger partial charge in [0.05, 0.1) is 11.8 Å². The van der Waals surface area contributed by atoms with Crippen molar-refractivity contribution in [3.63, 3.8) is 0 Å². The van der Waals surface area contributed by atoms with E-state index in [9.17, 15) is 4.91 Å². The van der Waals surface area contributed by atoms with Gasteiger partial charge in [-0.15, -0.1) is 4.91 Å². The minimum atomic E-state index is -0.368. The number of nitrogens with two attached hydrogens (primary N) is 1. The lowest BCUT2D eigenvalue weighted by atomic mass is 10.7. The van der Waals surface area contributed by atoms with E-state index in [2.05, 4.69) is 10.6 Å². The van der Waals surface area contributed by atoms with Gasteiger partial charge in [-0.2, -0.15) is 0 Å². The van der Waals surface area contributed by atoms with E-state index >= 15 is 0 Å². The maximum atomic E-state index is 9.77. The normalized spacial score (nSPS) is 28.6. The van der Waals surface area contributed by atoms with E-state index in [1.165, 1.54) is 5.01 Å². The Morgan fingerprint density at radius 2 is 2.62 bits per heavy atom. The summed E-state index contributed by atoms with van der Waals surface area (Å²) in [6.07, 6.45) is -0.368. The molecule has 46 valence electrons. The van der Waals surface area contributed by atoms with Crippen molar-refractivity contribution in [2.75, 3.05) is 13.1 Å². The van der Waals surface area contributed by atoms with Crippen molar-refractivity contribution in [1.29, 1.82) is 0 Å². The van der Waals surface area contributed by atoms with Crippen LogP contribution in [0.3, 0.4) is 0 Å². The summed E-state index contributed by atoms with van der Waals surface area (Å²) in [5.41, 5.74) is 5.31. The van der Waals surface area contributed by atoms with Crippen LogP contribution in [0.2, 0.25) is 0 Å². The fourth-order valence-electron chi connectivity index (χ4n) is 0.663. The largest absolute Gasteiger partial charge is 0.297 e. The first-order chi connectivity index (χ1) is 3.84. The lowest BCUT2D eigenvalue weighted by Crippen LogP contribution is -2.40. The molecule has 0 aliphatic carbocycles. The average molecular weight is 116 g/mol. The Hall–Kier alpha value is -0.680. The summed E-state index contributed by atoms with van der Waals surface area (Å²) in [6, 6.07) is 0. The smallest absolute Gasteiger partial charge is 0.151 e. The highest BCUT2D eigenvalue weighted by Gasteiger charge is 2.18. The van der Waals surface area contributed by atoms with Gasteiger partial charge in [0.25, 0.3) is 0 Å². The Morgan fingerprint density at radius 3 is 2.88 bits per heavy atom. The molecule has 1 heterocycles. The third-order valence-corrected chi connectivity index (χ3v) is 1.12. The van der Waals surface area contributed by atoms with Crippen molar-refractivity contribution >= 4 is 0 Å². The molecule has 0 aromatic heterocycles. The third kappa shape index (κ3) is 0.775. The summed E-state index contributed by atoms with van der Waals surface area (Å²) in [5.74, 6) is 0. The molecule has 0 aromatic carbocycles. The molecule has 0 saturated carbocycles. The van der Waals surface area contributed by atoms with E-state index in [0.29, 0.717) is 6.54 Å². The first-order valence-corrected chi connectivity index (χ1v) is 2.43. The molecule has 1 aliphatic heterocycles. The molecule has 0 spiro atoms. The maximum absolute atomic E-state index is 9.77. The van der Waals surface area contributed by atoms with Crippen LogP contribution in [0.5, 0.6) is 0 Å². The Balaban J connectivity index is 2.41. The van der Waals surface area contributed by atoms with Gasteiger partial charge in [-0.1, -0.05) is 0 Å². The van der Waals surface area contributed by atoms with Gasteiger partial charge in [0.15, 0.2) is 6.29 Å². The van der Waals surface area contributed by atoms with Crippen LogP contribution in [0.1, 0.15) is 0 Å². The van der Waals surface area contributed by atoms with Crippen LogP contribution in [0.15, 0.2) is 5.29 Å². The topological polar surface area (TPSA) is 70.7 Å². The Kier molecular flexibility index (Phi) is 1.40. The van der Waals surface area contributed by atoms with Gasteiger partial charge in [-0.05, 0) is 0 Å². The van der Waals surface area contributed by atoms with Crippen molar-refractivity contribution in [2.45, 2.75) is 6.29 Å². The number of rotatable bonds is 1. The number of nitrogens with zero attached hydrogens (tertiary/aromatic N) is 2. The molecule has 0 radical (unpaired) electrons. The predicted octanol–water partition coefficient (Wildman–Crippen LogP) is -1.18. The van der Waals surface area contributed by atoms with Crippen LogP contribution in [0, 0.1) is 4.91 Å². The predicted molar refractivity (Wildman–Crippen MR) is 28.5 cm³/mol. The van der Waals surface area contributed by atoms with Gasteiger partial charge in [-0.25, -0.2) is 5.01 Å². The number of nitroso groups, excluding NO2 is 1. The molecule has 1 fully saturated rings. The maximum Gasteiger partial charge on any atom is 0.151 e. The fourth-order valence-corrected chi connectivity index (χ4v) is 0.663. The van der Waals surface area contributed by atoms with Crippen molar-refractivity contribution in [1.82, 2.24) is 10.3 Å². The zero-order valence-corrected chi connectivity index (χ0v) is 4.37. The van der Waals surface area contributed by atoms with E-state index in [0.717, 1.165) is 6.54 Å². The Labute approximate surface area is 46.8 Å². The molecule has 0 aromatic rings. The van der Waals surface area contributed by atoms with Crippen LogP contribution < -0.4 is 11.1 Å². The van der Waals surface area contributed by atoms with Crippen LogP contribution in [-0.4, -0.2) is 24.4 Å². The summed E-state index contributed by atoms with van der Waals surface area (Å²) in [5, 5.41) is 6.76. The molecule has 0 bridgehead atoms. The summed E-state index contributed by atoms with van der Waals surface area (Å²) >= 11 is 0. The molecule has 3 N–H and O–H groups in total. The third-order valence-electron chi connectivity index (χ3n) is 1.12. The van der Waals surface area contributed by atoms with E-state index in [4.69, 9.17) is 5.73 Å². The van der Waals surface area contributed by atoms with Crippen molar-refractivity contribution < 1.29 is 0 Å². The van der Waals surface area contributed by atoms with Crippen LogP contribution >= 0.6 is 0 Å². The van der Waals surface area contributed by atoms with Crippen LogP contribution in [0.25, 0.3) is 0 Å². The van der Waals surface area contributed by atoms with Crippen molar-refractivity contribution in [3.05, 3.63) is 4.91 Å². The zero-order valence-electron chi connectivity index (χ0n) is 4.37. The molecule has 1 unspecified atom stereocenters. The number of hydrogen-bond donors (Lipinski definition) is 2. The molecule has 0 amide bonds. The zero-order chi connectivity index (χ0) is 5.98. The van der Waals surface area contributed by atoms with Gasteiger partial charge >= 0.3 is 0 Å². The van der Waals surface area contributed by atoms with Gasteiger partial charge in [0.2, 0.25) is 0 Å². The fraction of sp³-hybridized carbons (Fsp3) is 1.00. The second-order valence-electron chi connectivity index (χ2n) is 1.64. The lowest BCUT2D eigenvalue weighted by molar-refractivity contribution is 0.255. The first-order valence-electron chi connectivity index (χ1n) is 2.43. The molecule has 1 atom stereocenters. The summed E-state index contributed by atoms with van der Waals surface area (Å²) in [6.45, 7) is 1.36. The standard InChI is InChI=1S/C3H8N4O/c4-3-5-1-2-7(3)6-8/h3,5H,1-2,4H2. The molecular weight excluding hydrogens is 108 g/mol. The Bertz CT molecular complexity index is 95.3. The number of hydrogen-bond acceptors (Lipinski definition) is 4. The number of nitrogens with one attached hydrogen (secondary N) is 1. The van der Waals surface area contributed by atoms with Crippen molar-refractivity contribution in [3.8, 4) is 0 Å². The van der Waals surface area contributed by atoms with Crippen molar-refractivity contribution in [2.24, 2.45) is 11.0 Å². The molecule has 1 aliphatic rings. The summed E-state index contributed by atoms with van der Waals surface area (Å²) in [7, 11) is 0. The minimum absolute atomic E-state index is 0.368. The first kappa shape index (κ1) is 5.46. The molecular formula is C3H8N4O. The highest BCUT2D eigenvalue weighted by molar-refractivity contribution is 4.68. The van der Waals surface area contributed by atoms with Crippen LogP contribution in [0.4, 0.5) is 0 Å².